The Morgan fingerprint density at radius 3 is 2.62 bits per heavy atom. The number of para-hydroxylation sites is 2. The van der Waals surface area contributed by atoms with Crippen LogP contribution in [0.3, 0.4) is 0 Å². The summed E-state index contributed by atoms with van der Waals surface area (Å²) in [5, 5.41) is 4.01. The van der Waals surface area contributed by atoms with Crippen molar-refractivity contribution in [3.05, 3.63) is 36.5 Å². The molecule has 0 unspecified atom stereocenters. The largest absolute Gasteiger partial charge is 0.493 e. The van der Waals surface area contributed by atoms with E-state index in [2.05, 4.69) is 5.10 Å². The van der Waals surface area contributed by atoms with Crippen LogP contribution in [0.25, 0.3) is 0 Å². The summed E-state index contributed by atoms with van der Waals surface area (Å²) >= 11 is 0. The number of hydrogen-bond acceptors (Lipinski definition) is 4. The fraction of sp³-hybridized carbons (Fsp3) is 0.182. The van der Waals surface area contributed by atoms with Crippen molar-refractivity contribution in [2.75, 3.05) is 12.8 Å². The molecule has 0 aliphatic rings. The molecule has 0 saturated heterocycles. The molecule has 0 bridgehead atoms. The summed E-state index contributed by atoms with van der Waals surface area (Å²) in [6.45, 7) is 0.303. The van der Waals surface area contributed by atoms with Crippen LogP contribution in [0.4, 0.5) is 5.82 Å². The third-order valence-corrected chi connectivity index (χ3v) is 2.08. The second-order valence-electron chi connectivity index (χ2n) is 3.20. The lowest BCUT2D eigenvalue weighted by Crippen LogP contribution is -2.06. The molecule has 2 aromatic rings. The average molecular weight is 219 g/mol. The third-order valence-electron chi connectivity index (χ3n) is 2.08. The molecule has 0 aliphatic carbocycles. The van der Waals surface area contributed by atoms with Gasteiger partial charge in [-0.05, 0) is 12.1 Å². The fourth-order valence-electron chi connectivity index (χ4n) is 1.32. The van der Waals surface area contributed by atoms with Crippen molar-refractivity contribution in [1.29, 1.82) is 0 Å². The van der Waals surface area contributed by atoms with E-state index in [1.165, 1.54) is 0 Å². The van der Waals surface area contributed by atoms with Crippen LogP contribution in [0.15, 0.2) is 36.5 Å². The summed E-state index contributed by atoms with van der Waals surface area (Å²) in [5.41, 5.74) is 5.49. The van der Waals surface area contributed by atoms with E-state index in [-0.39, 0.29) is 0 Å². The van der Waals surface area contributed by atoms with Crippen molar-refractivity contribution in [2.45, 2.75) is 6.73 Å². The van der Waals surface area contributed by atoms with Gasteiger partial charge in [0.05, 0.1) is 7.11 Å². The van der Waals surface area contributed by atoms with E-state index in [9.17, 15) is 0 Å². The Bertz CT molecular complexity index is 468. The number of hydrogen-bond donors (Lipinski definition) is 1. The molecule has 2 N–H and O–H groups in total. The van der Waals surface area contributed by atoms with Crippen LogP contribution in [0.2, 0.25) is 0 Å². The SMILES string of the molecule is COc1ccccc1OCn1ccc(N)n1. The number of nitrogens with zero attached hydrogens (tertiary/aromatic N) is 2. The first kappa shape index (κ1) is 10.4. The van der Waals surface area contributed by atoms with Crippen LogP contribution < -0.4 is 15.2 Å². The molecule has 1 aromatic carbocycles. The number of rotatable bonds is 4. The van der Waals surface area contributed by atoms with Crippen molar-refractivity contribution in [1.82, 2.24) is 9.78 Å². The van der Waals surface area contributed by atoms with E-state index < -0.39 is 0 Å². The third kappa shape index (κ3) is 2.25. The average Bonchev–Trinajstić information content (AvgIpc) is 2.73. The minimum atomic E-state index is 0.303. The van der Waals surface area contributed by atoms with Crippen LogP contribution in [0.5, 0.6) is 11.5 Å². The molecule has 1 aromatic heterocycles. The van der Waals surface area contributed by atoms with Crippen molar-refractivity contribution >= 4 is 5.82 Å². The molecule has 5 nitrogen and oxygen atoms in total. The minimum absolute atomic E-state index is 0.303. The zero-order valence-electron chi connectivity index (χ0n) is 8.96. The lowest BCUT2D eigenvalue weighted by Gasteiger charge is -2.09. The molecule has 0 saturated carbocycles. The van der Waals surface area contributed by atoms with Gasteiger partial charge in [0.1, 0.15) is 5.82 Å². The van der Waals surface area contributed by atoms with Gasteiger partial charge in [-0.2, -0.15) is 5.10 Å². The van der Waals surface area contributed by atoms with Crippen molar-refractivity contribution in [2.24, 2.45) is 0 Å². The predicted molar refractivity (Wildman–Crippen MR) is 60.3 cm³/mol. The van der Waals surface area contributed by atoms with Gasteiger partial charge >= 0.3 is 0 Å². The number of ether oxygens (including phenoxy) is 2. The Morgan fingerprint density at radius 1 is 1.25 bits per heavy atom. The van der Waals surface area contributed by atoms with E-state index in [4.69, 9.17) is 15.2 Å². The number of aromatic nitrogens is 2. The first-order chi connectivity index (χ1) is 7.79. The molecule has 1 heterocycles. The number of benzene rings is 1. The highest BCUT2D eigenvalue weighted by Crippen LogP contribution is 2.25. The Kier molecular flexibility index (Phi) is 2.95. The number of anilines is 1. The van der Waals surface area contributed by atoms with Gasteiger partial charge in [0, 0.05) is 12.3 Å². The maximum Gasteiger partial charge on any atom is 0.181 e. The zero-order valence-corrected chi connectivity index (χ0v) is 8.96. The van der Waals surface area contributed by atoms with Gasteiger partial charge < -0.3 is 15.2 Å². The van der Waals surface area contributed by atoms with Gasteiger partial charge in [0.25, 0.3) is 0 Å². The lowest BCUT2D eigenvalue weighted by molar-refractivity contribution is 0.211. The van der Waals surface area contributed by atoms with Gasteiger partial charge in [-0.1, -0.05) is 12.1 Å². The van der Waals surface area contributed by atoms with Crippen LogP contribution in [0, 0.1) is 0 Å². The minimum Gasteiger partial charge on any atom is -0.493 e. The normalized spacial score (nSPS) is 10.1. The standard InChI is InChI=1S/C11H13N3O2/c1-15-9-4-2-3-5-10(9)16-8-14-7-6-11(12)13-14/h2-7H,8H2,1H3,(H2,12,13). The predicted octanol–water partition coefficient (Wildman–Crippen LogP) is 1.51. The van der Waals surface area contributed by atoms with Crippen LogP contribution in [-0.2, 0) is 6.73 Å². The zero-order chi connectivity index (χ0) is 11.4. The van der Waals surface area contributed by atoms with E-state index in [0.717, 1.165) is 0 Å². The maximum atomic E-state index is 5.55. The highest BCUT2D eigenvalue weighted by atomic mass is 16.5. The molecule has 0 radical (unpaired) electrons. The first-order valence-electron chi connectivity index (χ1n) is 4.84. The second kappa shape index (κ2) is 4.57. The molecule has 84 valence electrons. The number of nitrogen functional groups attached to an aromatic ring is 1. The monoisotopic (exact) mass is 219 g/mol. The molecule has 2 rings (SSSR count). The number of nitrogens with two attached hydrogens (primary N) is 1. The smallest absolute Gasteiger partial charge is 0.181 e. The molecule has 5 heteroatoms. The lowest BCUT2D eigenvalue weighted by atomic mass is 10.3. The summed E-state index contributed by atoms with van der Waals surface area (Å²) in [6, 6.07) is 9.16. The maximum absolute atomic E-state index is 5.55. The highest BCUT2D eigenvalue weighted by molar-refractivity contribution is 5.39. The molecule has 0 fully saturated rings. The van der Waals surface area contributed by atoms with Crippen LogP contribution >= 0.6 is 0 Å². The van der Waals surface area contributed by atoms with Crippen molar-refractivity contribution in [3.8, 4) is 11.5 Å². The van der Waals surface area contributed by atoms with Crippen molar-refractivity contribution in [3.63, 3.8) is 0 Å². The Labute approximate surface area is 93.4 Å². The number of methoxy groups -OCH3 is 1. The molecule has 16 heavy (non-hydrogen) atoms. The van der Waals surface area contributed by atoms with Gasteiger partial charge in [0.15, 0.2) is 18.2 Å². The van der Waals surface area contributed by atoms with Gasteiger partial charge in [-0.15, -0.1) is 0 Å². The van der Waals surface area contributed by atoms with E-state index in [1.807, 2.05) is 24.3 Å². The van der Waals surface area contributed by atoms with Gasteiger partial charge in [0.2, 0.25) is 0 Å². The molecule has 0 atom stereocenters. The summed E-state index contributed by atoms with van der Waals surface area (Å²) in [4.78, 5) is 0. The van der Waals surface area contributed by atoms with Crippen molar-refractivity contribution < 1.29 is 9.47 Å². The molecular formula is C11H13N3O2. The van der Waals surface area contributed by atoms with E-state index in [0.29, 0.717) is 24.0 Å². The van der Waals surface area contributed by atoms with E-state index in [1.54, 1.807) is 24.1 Å². The molecule has 0 amide bonds. The Balaban J connectivity index is 2.04. The van der Waals surface area contributed by atoms with Crippen LogP contribution in [0.1, 0.15) is 0 Å². The molecular weight excluding hydrogens is 206 g/mol. The Hall–Kier alpha value is -2.17. The molecule has 0 spiro atoms. The molecule has 0 aliphatic heterocycles. The summed E-state index contributed by atoms with van der Waals surface area (Å²) in [7, 11) is 1.61. The summed E-state index contributed by atoms with van der Waals surface area (Å²) in [6.07, 6.45) is 1.75. The topological polar surface area (TPSA) is 62.3 Å². The van der Waals surface area contributed by atoms with Gasteiger partial charge in [-0.3, -0.25) is 0 Å². The second-order valence-corrected chi connectivity index (χ2v) is 3.20. The Morgan fingerprint density at radius 2 is 2.00 bits per heavy atom. The van der Waals surface area contributed by atoms with Crippen LogP contribution in [-0.4, -0.2) is 16.9 Å². The van der Waals surface area contributed by atoms with E-state index >= 15 is 0 Å². The summed E-state index contributed by atoms with van der Waals surface area (Å²) in [5.74, 6) is 1.85. The van der Waals surface area contributed by atoms with Gasteiger partial charge in [-0.25, -0.2) is 4.68 Å². The highest BCUT2D eigenvalue weighted by Gasteiger charge is 2.02. The fourth-order valence-corrected chi connectivity index (χ4v) is 1.32. The quantitative estimate of drug-likeness (QED) is 0.846. The summed E-state index contributed by atoms with van der Waals surface area (Å²) < 4.78 is 12.3. The first-order valence-corrected chi connectivity index (χ1v) is 4.84.